The first-order chi connectivity index (χ1) is 36.7. The van der Waals surface area contributed by atoms with Crippen LogP contribution < -0.4 is 0 Å². The third-order valence-corrected chi connectivity index (χ3v) is 18.9. The van der Waals surface area contributed by atoms with E-state index in [1.54, 1.807) is 0 Å². The van der Waals surface area contributed by atoms with Gasteiger partial charge in [0.25, 0.3) is 0 Å². The van der Waals surface area contributed by atoms with Crippen molar-refractivity contribution in [2.24, 2.45) is 5.92 Å². The maximum atomic E-state index is 7.27. The van der Waals surface area contributed by atoms with E-state index >= 15 is 0 Å². The van der Waals surface area contributed by atoms with Crippen molar-refractivity contribution in [2.75, 3.05) is 0 Å². The number of rotatable bonds is 16. The summed E-state index contributed by atoms with van der Waals surface area (Å²) in [6, 6.07) is 66.5. The van der Waals surface area contributed by atoms with Gasteiger partial charge in [0.15, 0.2) is 0 Å². The van der Waals surface area contributed by atoms with Gasteiger partial charge in [0.2, 0.25) is 0 Å². The monoisotopic (exact) mass is 1280 g/mol. The molecule has 0 aliphatic rings. The minimum atomic E-state index is -0.820. The van der Waals surface area contributed by atoms with Gasteiger partial charge in [-0.1, -0.05) is 241 Å². The summed E-state index contributed by atoms with van der Waals surface area (Å²) in [7, 11) is 0. The van der Waals surface area contributed by atoms with E-state index in [-0.39, 0.29) is 17.8 Å². The molecule has 0 aliphatic carbocycles. The molecule has 10 rings (SSSR count). The Morgan fingerprint density at radius 3 is 1.41 bits per heavy atom. The van der Waals surface area contributed by atoms with E-state index in [0.717, 1.165) is 88.7 Å². The van der Waals surface area contributed by atoms with E-state index in [9.17, 15) is 0 Å². The van der Waals surface area contributed by atoms with Crippen molar-refractivity contribution in [3.63, 3.8) is 0 Å². The van der Waals surface area contributed by atoms with Gasteiger partial charge < -0.3 is 0 Å². The quantitative estimate of drug-likeness (QED) is 0.0904. The van der Waals surface area contributed by atoms with Crippen LogP contribution in [0.5, 0.6) is 0 Å². The second kappa shape index (κ2) is 24.2. The maximum Gasteiger partial charge on any atom is 0.0485 e. The fourth-order valence-electron chi connectivity index (χ4n) is 11.4. The molecule has 0 fully saturated rings. The van der Waals surface area contributed by atoms with Crippen LogP contribution in [0.25, 0.3) is 43.8 Å². The van der Waals surface area contributed by atoms with Crippen LogP contribution in [0.2, 0.25) is 40.2 Å². The van der Waals surface area contributed by atoms with Gasteiger partial charge in [0, 0.05) is 71.2 Å². The molecule has 0 aromatic heterocycles. The summed E-state index contributed by atoms with van der Waals surface area (Å²) in [5, 5.41) is 8.64. The third-order valence-electron chi connectivity index (χ3n) is 15.1. The van der Waals surface area contributed by atoms with E-state index in [2.05, 4.69) is 160 Å². The third kappa shape index (κ3) is 11.8. The molecule has 0 radical (unpaired) electrons. The van der Waals surface area contributed by atoms with Crippen LogP contribution in [-0.2, 0) is 11.8 Å². The van der Waals surface area contributed by atoms with E-state index in [4.69, 9.17) is 92.8 Å². The van der Waals surface area contributed by atoms with E-state index in [0.29, 0.717) is 53.0 Å². The molecule has 10 aromatic carbocycles. The SMILES string of the molecule is CC(CCC(CC(Cc1ccc(Cl)c2cc(Cl)ccc12)c1ccc(Cl)c2cc(Cl)ccc12)CC(c1ccc(Br)c(-c2ccccc2)c1)c1ccc(Br)c(-c2ccccc2)c1)(c1c(Cl)cccc1Cl)c1c(Cl)cccc1Cl. The van der Waals surface area contributed by atoms with Crippen molar-refractivity contribution in [1.29, 1.82) is 0 Å². The number of benzene rings is 10. The summed E-state index contributed by atoms with van der Waals surface area (Å²) in [6.07, 6.45) is 3.55. The zero-order valence-corrected chi connectivity index (χ0v) is 50.2. The Hall–Kier alpha value is -4.00. The van der Waals surface area contributed by atoms with Crippen molar-refractivity contribution in [1.82, 2.24) is 0 Å². The van der Waals surface area contributed by atoms with Crippen molar-refractivity contribution < 1.29 is 0 Å². The van der Waals surface area contributed by atoms with Crippen LogP contribution in [0.3, 0.4) is 0 Å². The summed E-state index contributed by atoms with van der Waals surface area (Å²) in [5.74, 6) is -0.0778. The summed E-state index contributed by atoms with van der Waals surface area (Å²) < 4.78 is 2.04. The van der Waals surface area contributed by atoms with Gasteiger partial charge in [-0.2, -0.15) is 0 Å². The molecule has 0 amide bonds. The van der Waals surface area contributed by atoms with Crippen LogP contribution in [0.15, 0.2) is 203 Å². The standard InChI is InChI=1S/C66H48Br2Cl8/c1-66(64-60(73)14-8-15-61(64)74,65-62(75)16-9-17-63(65)76)31-30-39(32-45(49-25-29-59(72)55-38-47(70)22-24-50(49)55)34-42-20-28-58(71)54-37-46(69)21-23-48(42)54)33-51(43-18-26-56(67)52(35-43)40-10-4-2-5-11-40)44-19-27-57(68)53(36-44)41-12-6-3-7-13-41/h2-29,35-39,45,51H,30-34H2,1H3. The molecule has 0 saturated heterocycles. The van der Waals surface area contributed by atoms with Gasteiger partial charge in [-0.15, -0.1) is 0 Å². The van der Waals surface area contributed by atoms with E-state index in [1.165, 1.54) is 16.7 Å². The molecule has 10 aromatic rings. The summed E-state index contributed by atoms with van der Waals surface area (Å²) in [6.45, 7) is 2.18. The van der Waals surface area contributed by atoms with Crippen molar-refractivity contribution in [3.8, 4) is 22.3 Å². The second-order valence-electron chi connectivity index (χ2n) is 19.8. The molecule has 0 heterocycles. The van der Waals surface area contributed by atoms with Gasteiger partial charge in [-0.3, -0.25) is 0 Å². The Morgan fingerprint density at radius 1 is 0.421 bits per heavy atom. The van der Waals surface area contributed by atoms with Crippen LogP contribution in [0.1, 0.15) is 77.8 Å². The van der Waals surface area contributed by atoms with Crippen molar-refractivity contribution in [3.05, 3.63) is 277 Å². The van der Waals surface area contributed by atoms with Gasteiger partial charge >= 0.3 is 0 Å². The van der Waals surface area contributed by atoms with E-state index < -0.39 is 5.41 Å². The van der Waals surface area contributed by atoms with Crippen LogP contribution in [0.4, 0.5) is 0 Å². The Balaban J connectivity index is 1.19. The van der Waals surface area contributed by atoms with Gasteiger partial charge in [-0.25, -0.2) is 0 Å². The summed E-state index contributed by atoms with van der Waals surface area (Å²) >= 11 is 64.4. The molecule has 0 nitrogen and oxygen atoms in total. The lowest BCUT2D eigenvalue weighted by Gasteiger charge is -2.37. The molecule has 2 atom stereocenters. The van der Waals surface area contributed by atoms with Gasteiger partial charge in [-0.05, 0) is 195 Å². The van der Waals surface area contributed by atoms with E-state index in [1.807, 2.05) is 72.8 Å². The van der Waals surface area contributed by atoms with Crippen molar-refractivity contribution in [2.45, 2.75) is 56.3 Å². The molecule has 0 N–H and O–H groups in total. The zero-order valence-electron chi connectivity index (χ0n) is 41.0. The Morgan fingerprint density at radius 2 is 0.895 bits per heavy atom. The molecule has 2 unspecified atom stereocenters. The first-order valence-electron chi connectivity index (χ1n) is 25.0. The number of hydrogen-bond donors (Lipinski definition) is 0. The molecular formula is C66H48Br2Cl8. The smallest absolute Gasteiger partial charge is 0.0485 e. The lowest BCUT2D eigenvalue weighted by atomic mass is 9.69. The highest BCUT2D eigenvalue weighted by atomic mass is 79.9. The first kappa shape index (κ1) is 55.3. The molecule has 0 spiro atoms. The molecular weight excluding hydrogens is 1240 g/mol. The Kier molecular flexibility index (Phi) is 17.6. The molecule has 0 aliphatic heterocycles. The van der Waals surface area contributed by atoms with Crippen LogP contribution in [-0.4, -0.2) is 0 Å². The fraction of sp³-hybridized carbons (Fsp3) is 0.152. The minimum absolute atomic E-state index is 0.0375. The van der Waals surface area contributed by atoms with Gasteiger partial charge in [0.05, 0.1) is 0 Å². The number of hydrogen-bond acceptors (Lipinski definition) is 0. The average Bonchev–Trinajstić information content (AvgIpc) is 3.44. The lowest BCUT2D eigenvalue weighted by molar-refractivity contribution is 0.331. The normalized spacial score (nSPS) is 12.7. The topological polar surface area (TPSA) is 0 Å². The molecule has 10 heteroatoms. The number of fused-ring (bicyclic) bond motifs is 2. The molecule has 0 bridgehead atoms. The molecule has 0 saturated carbocycles. The highest BCUT2D eigenvalue weighted by Gasteiger charge is 2.38. The van der Waals surface area contributed by atoms with Crippen LogP contribution in [0, 0.1) is 5.92 Å². The minimum Gasteiger partial charge on any atom is -0.0843 e. The number of halogens is 10. The molecule has 382 valence electrons. The summed E-state index contributed by atoms with van der Waals surface area (Å²) in [5.41, 5.74) is 9.97. The lowest BCUT2D eigenvalue weighted by Crippen LogP contribution is -2.27. The second-order valence-corrected chi connectivity index (χ2v) is 24.8. The average molecular weight is 1280 g/mol. The summed E-state index contributed by atoms with van der Waals surface area (Å²) in [4.78, 5) is 0. The molecule has 76 heavy (non-hydrogen) atoms. The largest absolute Gasteiger partial charge is 0.0843 e. The fourth-order valence-corrected chi connectivity index (χ4v) is 14.8. The first-order valence-corrected chi connectivity index (χ1v) is 29.6. The maximum absolute atomic E-state index is 7.27. The Bertz CT molecular complexity index is 3570. The highest BCUT2D eigenvalue weighted by Crippen LogP contribution is 2.51. The van der Waals surface area contributed by atoms with Gasteiger partial charge in [0.1, 0.15) is 0 Å². The van der Waals surface area contributed by atoms with Crippen molar-refractivity contribution >= 4 is 146 Å². The predicted molar refractivity (Wildman–Crippen MR) is 337 cm³/mol. The predicted octanol–water partition coefficient (Wildman–Crippen LogP) is 24.4. The van der Waals surface area contributed by atoms with Crippen LogP contribution >= 0.6 is 125 Å². The Labute approximate surface area is 502 Å². The zero-order chi connectivity index (χ0) is 53.3. The highest BCUT2D eigenvalue weighted by molar-refractivity contribution is 9.11.